The molecule has 9 heteroatoms. The van der Waals surface area contributed by atoms with Crippen molar-refractivity contribution in [1.82, 2.24) is 16.0 Å². The van der Waals surface area contributed by atoms with Crippen molar-refractivity contribution >= 4 is 29.4 Å². The summed E-state index contributed by atoms with van der Waals surface area (Å²) in [4.78, 5) is 37.4. The number of amides is 2. The van der Waals surface area contributed by atoms with E-state index in [0.29, 0.717) is 36.4 Å². The van der Waals surface area contributed by atoms with Crippen LogP contribution in [-0.4, -0.2) is 54.2 Å². The molecule has 0 unspecified atom stereocenters. The number of hydrogen-bond acceptors (Lipinski definition) is 5. The van der Waals surface area contributed by atoms with E-state index in [1.807, 2.05) is 20.8 Å². The first kappa shape index (κ1) is 27.7. The van der Waals surface area contributed by atoms with Crippen molar-refractivity contribution in [2.75, 3.05) is 13.2 Å². The minimum Gasteiger partial charge on any atom is -0.491 e. The molecular weight excluding hydrogens is 434 g/mol. The highest BCUT2D eigenvalue weighted by Gasteiger charge is 2.31. The van der Waals surface area contributed by atoms with Crippen molar-refractivity contribution in [2.45, 2.75) is 66.1 Å². The van der Waals surface area contributed by atoms with E-state index in [2.05, 4.69) is 16.0 Å². The predicted molar refractivity (Wildman–Crippen MR) is 125 cm³/mol. The van der Waals surface area contributed by atoms with Gasteiger partial charge in [0, 0.05) is 17.6 Å². The number of carbonyl (C=O) groups excluding carboxylic acids is 2. The lowest BCUT2D eigenvalue weighted by Crippen LogP contribution is -2.55. The summed E-state index contributed by atoms with van der Waals surface area (Å²) in [7, 11) is 0. The first-order valence-electron chi connectivity index (χ1n) is 11.0. The molecule has 2 amide bonds. The number of hydrogen-bond donors (Lipinski definition) is 4. The van der Waals surface area contributed by atoms with Gasteiger partial charge in [-0.25, -0.2) is 4.79 Å². The molecule has 0 saturated carbocycles. The van der Waals surface area contributed by atoms with Crippen LogP contribution in [0.15, 0.2) is 18.2 Å². The largest absolute Gasteiger partial charge is 0.491 e. The number of carbonyl (C=O) groups is 3. The van der Waals surface area contributed by atoms with Crippen LogP contribution in [0.1, 0.15) is 58.3 Å². The zero-order valence-corrected chi connectivity index (χ0v) is 20.5. The van der Waals surface area contributed by atoms with Crippen LogP contribution in [0.5, 0.6) is 5.75 Å². The van der Waals surface area contributed by atoms with E-state index in [0.717, 1.165) is 0 Å². The number of aliphatic carboxylic acids is 1. The van der Waals surface area contributed by atoms with Crippen molar-refractivity contribution in [1.29, 1.82) is 0 Å². The van der Waals surface area contributed by atoms with Crippen LogP contribution in [-0.2, 0) is 9.59 Å². The monoisotopic (exact) mass is 469 g/mol. The lowest BCUT2D eigenvalue weighted by molar-refractivity contribution is -0.143. The van der Waals surface area contributed by atoms with Crippen LogP contribution < -0.4 is 20.7 Å². The highest BCUT2D eigenvalue weighted by atomic mass is 35.5. The number of carboxylic acid groups (broad SMARTS) is 1. The second kappa shape index (κ2) is 13.3. The normalized spacial score (nSPS) is 14.0. The maximum Gasteiger partial charge on any atom is 0.326 e. The highest BCUT2D eigenvalue weighted by Crippen LogP contribution is 2.24. The van der Waals surface area contributed by atoms with Crippen molar-refractivity contribution in [3.63, 3.8) is 0 Å². The Labute approximate surface area is 195 Å². The fourth-order valence-electron chi connectivity index (χ4n) is 2.99. The average molecular weight is 470 g/mol. The van der Waals surface area contributed by atoms with Crippen LogP contribution in [0.25, 0.3) is 0 Å². The topological polar surface area (TPSA) is 117 Å². The zero-order chi connectivity index (χ0) is 24.4. The number of carboxylic acids is 1. The van der Waals surface area contributed by atoms with E-state index < -0.39 is 29.9 Å². The van der Waals surface area contributed by atoms with Gasteiger partial charge in [0.25, 0.3) is 5.91 Å². The molecule has 0 bridgehead atoms. The summed E-state index contributed by atoms with van der Waals surface area (Å²) in [6.07, 6.45) is 0.590. The molecule has 4 N–H and O–H groups in total. The molecule has 0 aromatic heterocycles. The highest BCUT2D eigenvalue weighted by molar-refractivity contribution is 6.30. The Morgan fingerprint density at radius 1 is 1.06 bits per heavy atom. The van der Waals surface area contributed by atoms with E-state index in [1.165, 1.54) is 6.07 Å². The minimum absolute atomic E-state index is 0.245. The van der Waals surface area contributed by atoms with E-state index >= 15 is 0 Å². The lowest BCUT2D eigenvalue weighted by atomic mass is 9.97. The Morgan fingerprint density at radius 2 is 1.72 bits per heavy atom. The van der Waals surface area contributed by atoms with Gasteiger partial charge in [0.1, 0.15) is 24.4 Å². The number of halogens is 1. The minimum atomic E-state index is -1.11. The molecule has 32 heavy (non-hydrogen) atoms. The number of benzene rings is 1. The van der Waals surface area contributed by atoms with Gasteiger partial charge in [-0.1, -0.05) is 59.6 Å². The summed E-state index contributed by atoms with van der Waals surface area (Å²) < 4.78 is 5.75. The van der Waals surface area contributed by atoms with E-state index in [-0.39, 0.29) is 17.4 Å². The summed E-state index contributed by atoms with van der Waals surface area (Å²) in [6.45, 7) is 12.1. The molecule has 8 nitrogen and oxygen atoms in total. The third kappa shape index (κ3) is 8.67. The maximum atomic E-state index is 13.0. The first-order chi connectivity index (χ1) is 15.0. The molecule has 0 aliphatic heterocycles. The number of ether oxygens (including phenoxy) is 1. The molecular formula is C23H36ClN3O5. The van der Waals surface area contributed by atoms with Gasteiger partial charge >= 0.3 is 5.97 Å². The molecule has 0 radical (unpaired) electrons. The third-order valence-electron chi connectivity index (χ3n) is 5.11. The Hall–Kier alpha value is -2.32. The first-order valence-corrected chi connectivity index (χ1v) is 11.3. The van der Waals surface area contributed by atoms with Crippen LogP contribution in [0, 0.1) is 11.8 Å². The molecule has 0 spiro atoms. The summed E-state index contributed by atoms with van der Waals surface area (Å²) in [5.41, 5.74) is 0.245. The molecule has 3 atom stereocenters. The van der Waals surface area contributed by atoms with Crippen molar-refractivity contribution in [3.8, 4) is 5.75 Å². The van der Waals surface area contributed by atoms with E-state index in [9.17, 15) is 19.5 Å². The van der Waals surface area contributed by atoms with Gasteiger partial charge in [-0.05, 0) is 30.0 Å². The van der Waals surface area contributed by atoms with Crippen LogP contribution in [0.2, 0.25) is 5.02 Å². The Balaban J connectivity index is 2.98. The molecule has 0 aliphatic carbocycles. The summed E-state index contributed by atoms with van der Waals surface area (Å²) in [5.74, 6) is -2.36. The fourth-order valence-corrected chi connectivity index (χ4v) is 3.15. The number of rotatable bonds is 13. The van der Waals surface area contributed by atoms with Crippen molar-refractivity contribution < 1.29 is 24.2 Å². The molecule has 0 heterocycles. The fraction of sp³-hybridized carbons (Fsp3) is 0.609. The van der Waals surface area contributed by atoms with Gasteiger partial charge in [0.15, 0.2) is 0 Å². The van der Waals surface area contributed by atoms with Gasteiger partial charge in [-0.15, -0.1) is 0 Å². The standard InChI is InChI=1S/C23H36ClN3O5/c1-7-15(6)20(23(30)31)27-22(29)19(13(2)3)26-21(28)17-9-8-16(24)12-18(17)32-11-10-25-14(4)5/h8-9,12-15,19-20,25H,7,10-11H2,1-6H3,(H,26,28)(H,27,29)(H,30,31)/t15-,19-,20-/m0/s1. The van der Waals surface area contributed by atoms with Crippen molar-refractivity contribution in [2.24, 2.45) is 11.8 Å². The van der Waals surface area contributed by atoms with Crippen molar-refractivity contribution in [3.05, 3.63) is 28.8 Å². The van der Waals surface area contributed by atoms with E-state index in [1.54, 1.807) is 32.9 Å². The molecule has 180 valence electrons. The number of nitrogens with one attached hydrogen (secondary N) is 3. The molecule has 0 aliphatic rings. The molecule has 0 fully saturated rings. The van der Waals surface area contributed by atoms with Gasteiger partial charge in [0.2, 0.25) is 5.91 Å². The van der Waals surface area contributed by atoms with Crippen LogP contribution in [0.4, 0.5) is 0 Å². The van der Waals surface area contributed by atoms with Gasteiger partial charge in [-0.3, -0.25) is 9.59 Å². The quantitative estimate of drug-likeness (QED) is 0.330. The zero-order valence-electron chi connectivity index (χ0n) is 19.7. The average Bonchev–Trinajstić information content (AvgIpc) is 2.71. The molecule has 1 rings (SSSR count). The van der Waals surface area contributed by atoms with Crippen LogP contribution >= 0.6 is 11.6 Å². The smallest absolute Gasteiger partial charge is 0.326 e. The maximum absolute atomic E-state index is 13.0. The van der Waals surface area contributed by atoms with Gasteiger partial charge in [-0.2, -0.15) is 0 Å². The third-order valence-corrected chi connectivity index (χ3v) is 5.35. The van der Waals surface area contributed by atoms with E-state index in [4.69, 9.17) is 16.3 Å². The van der Waals surface area contributed by atoms with Gasteiger partial charge in [0.05, 0.1) is 5.56 Å². The SMILES string of the molecule is CC[C@H](C)[C@H](NC(=O)[C@@H](NC(=O)c1ccc(Cl)cc1OCCNC(C)C)C(C)C)C(=O)O. The second-order valence-electron chi connectivity index (χ2n) is 8.50. The molecule has 0 saturated heterocycles. The summed E-state index contributed by atoms with van der Waals surface area (Å²) in [6, 6.07) is 3.02. The molecule has 1 aromatic carbocycles. The Bertz CT molecular complexity index is 785. The predicted octanol–water partition coefficient (Wildman–Crippen LogP) is 3.09. The Kier molecular flexibility index (Phi) is 11.5. The second-order valence-corrected chi connectivity index (χ2v) is 8.94. The summed E-state index contributed by atoms with van der Waals surface area (Å²) >= 11 is 6.07. The Morgan fingerprint density at radius 3 is 2.25 bits per heavy atom. The summed E-state index contributed by atoms with van der Waals surface area (Å²) in [5, 5.41) is 18.4. The van der Waals surface area contributed by atoms with Crippen LogP contribution in [0.3, 0.4) is 0 Å². The van der Waals surface area contributed by atoms with Gasteiger partial charge < -0.3 is 25.8 Å². The lowest BCUT2D eigenvalue weighted by Gasteiger charge is -2.26. The molecule has 1 aromatic rings.